The van der Waals surface area contributed by atoms with Gasteiger partial charge in [-0.1, -0.05) is 16.7 Å². The van der Waals surface area contributed by atoms with E-state index >= 15 is 0 Å². The van der Waals surface area contributed by atoms with Gasteiger partial charge in [-0.2, -0.15) is 22.8 Å². The van der Waals surface area contributed by atoms with Gasteiger partial charge in [0.2, 0.25) is 0 Å². The van der Waals surface area contributed by atoms with Crippen molar-refractivity contribution in [3.05, 3.63) is 35.1 Å². The molecule has 0 fully saturated rings. The quantitative estimate of drug-likeness (QED) is 0.745. The average molecular weight is 395 g/mol. The fourth-order valence-corrected chi connectivity index (χ4v) is 3.31. The Bertz CT molecular complexity index is 765. The highest BCUT2D eigenvalue weighted by Gasteiger charge is 2.33. The Morgan fingerprint density at radius 1 is 1.36 bits per heavy atom. The van der Waals surface area contributed by atoms with Crippen LogP contribution in [0.15, 0.2) is 34.6 Å². The van der Waals surface area contributed by atoms with Gasteiger partial charge in [0.1, 0.15) is 6.33 Å². The number of hydrogen-bond donors (Lipinski definition) is 0. The Labute approximate surface area is 149 Å². The number of carbonyl (C=O) groups excluding carboxylic acids is 1. The Morgan fingerprint density at radius 3 is 2.52 bits per heavy atom. The molecular formula is C14H14ClF3N4O2S. The normalized spacial score (nSPS) is 12.9. The van der Waals surface area contributed by atoms with Crippen LogP contribution in [0.3, 0.4) is 0 Å². The van der Waals surface area contributed by atoms with Crippen molar-refractivity contribution in [2.24, 2.45) is 0 Å². The van der Waals surface area contributed by atoms with Crippen molar-refractivity contribution in [1.82, 2.24) is 19.7 Å². The summed E-state index contributed by atoms with van der Waals surface area (Å²) in [6.45, 7) is 4.50. The van der Waals surface area contributed by atoms with Crippen LogP contribution in [0.2, 0.25) is 5.02 Å². The molecule has 2 rings (SSSR count). The molecule has 0 aliphatic heterocycles. The zero-order chi connectivity index (χ0) is 18.8. The SMILES string of the molecule is CCN(CC)C(=O)n1cnc([S+]([O-])c2ccc(C(F)(F)F)cc2Cl)n1. The first kappa shape index (κ1) is 19.5. The molecule has 0 radical (unpaired) electrons. The number of rotatable bonds is 4. The zero-order valence-electron chi connectivity index (χ0n) is 13.2. The van der Waals surface area contributed by atoms with Gasteiger partial charge in [-0.25, -0.2) is 4.79 Å². The lowest BCUT2D eigenvalue weighted by atomic mass is 10.2. The minimum Gasteiger partial charge on any atom is -0.604 e. The van der Waals surface area contributed by atoms with Crippen molar-refractivity contribution >= 4 is 28.8 Å². The molecule has 0 spiro atoms. The van der Waals surface area contributed by atoms with E-state index in [1.165, 1.54) is 4.90 Å². The Kier molecular flexibility index (Phi) is 5.96. The Balaban J connectivity index is 2.27. The molecule has 0 aliphatic carbocycles. The van der Waals surface area contributed by atoms with Gasteiger partial charge in [0, 0.05) is 13.1 Å². The molecule has 2 aromatic rings. The maximum Gasteiger partial charge on any atom is 0.416 e. The van der Waals surface area contributed by atoms with Crippen LogP contribution in [0.5, 0.6) is 0 Å². The summed E-state index contributed by atoms with van der Waals surface area (Å²) in [6.07, 6.45) is -3.45. The van der Waals surface area contributed by atoms with E-state index in [1.807, 2.05) is 0 Å². The van der Waals surface area contributed by atoms with Gasteiger partial charge >= 0.3 is 17.4 Å². The Morgan fingerprint density at radius 2 is 2.00 bits per heavy atom. The van der Waals surface area contributed by atoms with Gasteiger partial charge in [-0.3, -0.25) is 0 Å². The number of amides is 1. The molecule has 6 nitrogen and oxygen atoms in total. The second-order valence-corrected chi connectivity index (χ2v) is 6.59. The summed E-state index contributed by atoms with van der Waals surface area (Å²) in [5, 5.41) is 3.31. The highest BCUT2D eigenvalue weighted by atomic mass is 35.5. The van der Waals surface area contributed by atoms with Crippen LogP contribution in [-0.2, 0) is 17.4 Å². The van der Waals surface area contributed by atoms with Crippen molar-refractivity contribution < 1.29 is 22.5 Å². The third-order valence-corrected chi connectivity index (χ3v) is 5.02. The maximum absolute atomic E-state index is 12.7. The molecule has 1 amide bonds. The third-order valence-electron chi connectivity index (χ3n) is 3.33. The van der Waals surface area contributed by atoms with Crippen LogP contribution >= 0.6 is 11.6 Å². The maximum atomic E-state index is 12.7. The predicted molar refractivity (Wildman–Crippen MR) is 84.9 cm³/mol. The molecule has 0 aliphatic rings. The Hall–Kier alpha value is -1.78. The van der Waals surface area contributed by atoms with E-state index in [2.05, 4.69) is 10.1 Å². The zero-order valence-corrected chi connectivity index (χ0v) is 14.8. The fraction of sp³-hybridized carbons (Fsp3) is 0.357. The molecule has 1 heterocycles. The van der Waals surface area contributed by atoms with Crippen molar-refractivity contribution in [2.75, 3.05) is 13.1 Å². The second kappa shape index (κ2) is 7.63. The smallest absolute Gasteiger partial charge is 0.416 e. The van der Waals surface area contributed by atoms with E-state index < -0.39 is 28.9 Å². The highest BCUT2D eigenvalue weighted by molar-refractivity contribution is 7.91. The van der Waals surface area contributed by atoms with Gasteiger partial charge in [0.15, 0.2) is 4.90 Å². The minimum atomic E-state index is -4.56. The van der Waals surface area contributed by atoms with E-state index in [0.717, 1.165) is 23.1 Å². The summed E-state index contributed by atoms with van der Waals surface area (Å²) in [4.78, 5) is 17.3. The predicted octanol–water partition coefficient (Wildman–Crippen LogP) is 3.43. The van der Waals surface area contributed by atoms with Gasteiger partial charge < -0.3 is 9.45 Å². The summed E-state index contributed by atoms with van der Waals surface area (Å²) in [5.74, 6) is 0. The summed E-state index contributed by atoms with van der Waals surface area (Å²) in [6, 6.07) is 2.03. The van der Waals surface area contributed by atoms with Gasteiger partial charge in [0.05, 0.1) is 21.8 Å². The summed E-state index contributed by atoms with van der Waals surface area (Å²) in [5.41, 5.74) is -0.951. The molecule has 1 aromatic carbocycles. The van der Waals surface area contributed by atoms with E-state index in [-0.39, 0.29) is 15.1 Å². The molecule has 0 saturated heterocycles. The standard InChI is InChI=1S/C14H14ClF3N4O2S/c1-3-21(4-2)13(23)22-8-19-12(20-22)25(24)11-6-5-9(7-10(11)15)14(16,17)18/h5-8H,3-4H2,1-2H3. The fourth-order valence-electron chi connectivity index (χ4n) is 1.99. The van der Waals surface area contributed by atoms with E-state index in [0.29, 0.717) is 19.2 Å². The molecule has 0 saturated carbocycles. The molecular weight excluding hydrogens is 381 g/mol. The van der Waals surface area contributed by atoms with Crippen LogP contribution < -0.4 is 0 Å². The number of aromatic nitrogens is 3. The molecule has 1 aromatic heterocycles. The van der Waals surface area contributed by atoms with Gasteiger partial charge in [0.25, 0.3) is 0 Å². The lowest BCUT2D eigenvalue weighted by Crippen LogP contribution is -2.34. The van der Waals surface area contributed by atoms with Crippen molar-refractivity contribution in [1.29, 1.82) is 0 Å². The summed E-state index contributed by atoms with van der Waals surface area (Å²) >= 11 is 3.79. The van der Waals surface area contributed by atoms with Gasteiger partial charge in [-0.05, 0) is 32.0 Å². The van der Waals surface area contributed by atoms with Crippen LogP contribution in [0, 0.1) is 0 Å². The van der Waals surface area contributed by atoms with Crippen LogP contribution in [-0.4, -0.2) is 43.3 Å². The largest absolute Gasteiger partial charge is 0.604 e. The van der Waals surface area contributed by atoms with Crippen LogP contribution in [0.1, 0.15) is 19.4 Å². The minimum absolute atomic E-state index is 0.0669. The summed E-state index contributed by atoms with van der Waals surface area (Å²) < 4.78 is 51.3. The third kappa shape index (κ3) is 4.25. The monoisotopic (exact) mass is 394 g/mol. The van der Waals surface area contributed by atoms with E-state index in [4.69, 9.17) is 11.6 Å². The van der Waals surface area contributed by atoms with E-state index in [9.17, 15) is 22.5 Å². The molecule has 1 unspecified atom stereocenters. The molecule has 25 heavy (non-hydrogen) atoms. The summed E-state index contributed by atoms with van der Waals surface area (Å²) in [7, 11) is 0. The van der Waals surface area contributed by atoms with Gasteiger partial charge in [-0.15, -0.1) is 0 Å². The molecule has 136 valence electrons. The first-order valence-electron chi connectivity index (χ1n) is 7.18. The number of hydrogen-bond acceptors (Lipinski definition) is 4. The van der Waals surface area contributed by atoms with Crippen LogP contribution in [0.25, 0.3) is 0 Å². The molecule has 1 atom stereocenters. The van der Waals surface area contributed by atoms with Crippen molar-refractivity contribution in [2.45, 2.75) is 30.1 Å². The molecule has 0 N–H and O–H groups in total. The van der Waals surface area contributed by atoms with Crippen molar-refractivity contribution in [3.8, 4) is 0 Å². The average Bonchev–Trinajstić information content (AvgIpc) is 3.04. The number of carbonyl (C=O) groups is 1. The molecule has 11 heteroatoms. The number of nitrogens with zero attached hydrogens (tertiary/aromatic N) is 4. The lowest BCUT2D eigenvalue weighted by molar-refractivity contribution is -0.137. The second-order valence-electron chi connectivity index (χ2n) is 4.84. The van der Waals surface area contributed by atoms with Crippen molar-refractivity contribution in [3.63, 3.8) is 0 Å². The van der Waals surface area contributed by atoms with Crippen LogP contribution in [0.4, 0.5) is 18.0 Å². The first-order chi connectivity index (χ1) is 11.7. The highest BCUT2D eigenvalue weighted by Crippen LogP contribution is 2.34. The van der Waals surface area contributed by atoms with E-state index in [1.54, 1.807) is 13.8 Å². The topological polar surface area (TPSA) is 74.1 Å². The number of alkyl halides is 3. The first-order valence-corrected chi connectivity index (χ1v) is 8.71. The lowest BCUT2D eigenvalue weighted by Gasteiger charge is -2.17. The number of halogens is 4. The molecule has 0 bridgehead atoms. The number of benzene rings is 1.